The molecule has 1 aromatic carbocycles. The van der Waals surface area contributed by atoms with Gasteiger partial charge in [-0.1, -0.05) is 36.8 Å². The third kappa shape index (κ3) is 3.71. The number of nitrogens with one attached hydrogen (secondary N) is 1. The zero-order chi connectivity index (χ0) is 17.9. The molecule has 5 nitrogen and oxygen atoms in total. The maximum atomic E-state index is 12.6. The average Bonchev–Trinajstić information content (AvgIpc) is 3.08. The fourth-order valence-corrected chi connectivity index (χ4v) is 4.38. The summed E-state index contributed by atoms with van der Waals surface area (Å²) in [4.78, 5) is 24.7. The summed E-state index contributed by atoms with van der Waals surface area (Å²) in [6, 6.07) is 10.2. The number of hydrogen-bond acceptors (Lipinski definition) is 3. The van der Waals surface area contributed by atoms with Crippen molar-refractivity contribution in [1.29, 1.82) is 0 Å². The summed E-state index contributed by atoms with van der Waals surface area (Å²) >= 11 is 0. The van der Waals surface area contributed by atoms with Gasteiger partial charge in [0.2, 0.25) is 5.91 Å². The largest absolute Gasteiger partial charge is 0.352 e. The van der Waals surface area contributed by atoms with E-state index < -0.39 is 0 Å². The molecule has 2 aromatic rings. The second-order valence-electron chi connectivity index (χ2n) is 7.65. The van der Waals surface area contributed by atoms with Gasteiger partial charge in [-0.2, -0.15) is 5.10 Å². The minimum atomic E-state index is -0.0117. The molecule has 1 amide bonds. The number of benzene rings is 1. The van der Waals surface area contributed by atoms with Crippen LogP contribution in [0.25, 0.3) is 0 Å². The molecule has 2 aliphatic carbocycles. The van der Waals surface area contributed by atoms with Crippen LogP contribution in [0, 0.1) is 17.8 Å². The summed E-state index contributed by atoms with van der Waals surface area (Å²) in [5.41, 5.74) is 2.20. The molecule has 2 saturated carbocycles. The number of carbonyl (C=O) groups is 2. The molecule has 2 bridgehead atoms. The molecular weight excluding hydrogens is 326 g/mol. The van der Waals surface area contributed by atoms with Gasteiger partial charge in [-0.25, -0.2) is 0 Å². The Morgan fingerprint density at radius 3 is 2.58 bits per heavy atom. The monoisotopic (exact) mass is 351 g/mol. The number of Topliss-reactive ketones (excluding diaryl/α,β-unsaturated/α-hetero) is 1. The first kappa shape index (κ1) is 17.0. The predicted molar refractivity (Wildman–Crippen MR) is 98.2 cm³/mol. The van der Waals surface area contributed by atoms with Crippen molar-refractivity contribution in [1.82, 2.24) is 15.1 Å². The van der Waals surface area contributed by atoms with Gasteiger partial charge in [0.25, 0.3) is 0 Å². The lowest BCUT2D eigenvalue weighted by Gasteiger charge is -2.36. The highest BCUT2D eigenvalue weighted by Gasteiger charge is 2.41. The number of nitrogens with zero attached hydrogens (tertiary/aromatic N) is 2. The third-order valence-corrected chi connectivity index (χ3v) is 5.76. The maximum absolute atomic E-state index is 12.6. The molecule has 0 aliphatic heterocycles. The maximum Gasteiger partial charge on any atom is 0.223 e. The Labute approximate surface area is 153 Å². The molecule has 0 saturated heterocycles. The van der Waals surface area contributed by atoms with Gasteiger partial charge in [0.05, 0.1) is 12.7 Å². The highest BCUT2D eigenvalue weighted by atomic mass is 16.2. The van der Waals surface area contributed by atoms with E-state index in [9.17, 15) is 9.59 Å². The van der Waals surface area contributed by atoms with Crippen molar-refractivity contribution in [3.05, 3.63) is 53.9 Å². The van der Waals surface area contributed by atoms with Crippen LogP contribution in [0.15, 0.2) is 42.7 Å². The van der Waals surface area contributed by atoms with Gasteiger partial charge in [0.1, 0.15) is 5.78 Å². The van der Waals surface area contributed by atoms with Crippen LogP contribution in [-0.2, 0) is 22.7 Å². The van der Waals surface area contributed by atoms with Gasteiger partial charge in [-0.15, -0.1) is 0 Å². The van der Waals surface area contributed by atoms with E-state index in [2.05, 4.69) is 22.5 Å². The van der Waals surface area contributed by atoms with Crippen molar-refractivity contribution in [2.75, 3.05) is 0 Å². The Bertz CT molecular complexity index is 768. The van der Waals surface area contributed by atoms with Gasteiger partial charge in [-0.3, -0.25) is 14.3 Å². The molecule has 5 heteroatoms. The number of fused-ring (bicyclic) bond motifs is 2. The minimum absolute atomic E-state index is 0.0117. The summed E-state index contributed by atoms with van der Waals surface area (Å²) in [6.07, 6.45) is 8.31. The number of carbonyl (C=O) groups excluding carboxylic acids is 2. The van der Waals surface area contributed by atoms with Crippen LogP contribution in [0.1, 0.15) is 43.2 Å². The van der Waals surface area contributed by atoms with Crippen molar-refractivity contribution in [2.45, 2.75) is 45.2 Å². The highest BCUT2D eigenvalue weighted by Crippen LogP contribution is 2.40. The smallest absolute Gasteiger partial charge is 0.223 e. The van der Waals surface area contributed by atoms with E-state index in [4.69, 9.17) is 0 Å². The van der Waals surface area contributed by atoms with E-state index in [1.54, 1.807) is 0 Å². The van der Waals surface area contributed by atoms with E-state index in [0.717, 1.165) is 44.2 Å². The summed E-state index contributed by atoms with van der Waals surface area (Å²) in [5, 5.41) is 7.43. The van der Waals surface area contributed by atoms with Gasteiger partial charge in [0.15, 0.2) is 0 Å². The van der Waals surface area contributed by atoms with E-state index in [1.807, 2.05) is 35.3 Å². The van der Waals surface area contributed by atoms with Crippen LogP contribution in [0.3, 0.4) is 0 Å². The van der Waals surface area contributed by atoms with Crippen molar-refractivity contribution < 1.29 is 9.59 Å². The second kappa shape index (κ2) is 7.44. The van der Waals surface area contributed by atoms with E-state index >= 15 is 0 Å². The highest BCUT2D eigenvalue weighted by molar-refractivity contribution is 5.88. The predicted octanol–water partition coefficient (Wildman–Crippen LogP) is 2.94. The van der Waals surface area contributed by atoms with Crippen LogP contribution in [0.5, 0.6) is 0 Å². The minimum Gasteiger partial charge on any atom is -0.352 e. The normalized spacial score (nSPS) is 25.1. The molecule has 0 radical (unpaired) electrons. The standard InChI is InChI=1S/C21H25N3O2/c25-20-17-7-4-8-18(20)10-19(9-17)21(26)22-11-16-12-23-24(14-16)13-15-5-2-1-3-6-15/h1-3,5-6,12,14,17-19H,4,7-11,13H2,(H,22,26)/t17-,18+,19?. The van der Waals surface area contributed by atoms with Crippen LogP contribution in [0.4, 0.5) is 0 Å². The Morgan fingerprint density at radius 2 is 1.85 bits per heavy atom. The molecule has 136 valence electrons. The summed E-state index contributed by atoms with van der Waals surface area (Å²) in [6.45, 7) is 1.22. The first-order valence-electron chi connectivity index (χ1n) is 9.56. The Hall–Kier alpha value is -2.43. The second-order valence-corrected chi connectivity index (χ2v) is 7.65. The van der Waals surface area contributed by atoms with Crippen molar-refractivity contribution in [2.24, 2.45) is 17.8 Å². The molecule has 1 unspecified atom stereocenters. The number of rotatable bonds is 5. The molecule has 4 rings (SSSR count). The SMILES string of the molecule is O=C(NCc1cnn(Cc2ccccc2)c1)C1C[C@H]2CCC[C@@H](C1)C2=O. The van der Waals surface area contributed by atoms with E-state index in [-0.39, 0.29) is 23.7 Å². The summed E-state index contributed by atoms with van der Waals surface area (Å²) in [7, 11) is 0. The summed E-state index contributed by atoms with van der Waals surface area (Å²) in [5.74, 6) is 0.716. The lowest BCUT2D eigenvalue weighted by Crippen LogP contribution is -2.42. The van der Waals surface area contributed by atoms with Crippen LogP contribution < -0.4 is 5.32 Å². The molecule has 1 heterocycles. The van der Waals surface area contributed by atoms with Crippen LogP contribution in [-0.4, -0.2) is 21.5 Å². The number of ketones is 1. The van der Waals surface area contributed by atoms with Gasteiger partial charge in [-0.05, 0) is 31.2 Å². The fraction of sp³-hybridized carbons (Fsp3) is 0.476. The van der Waals surface area contributed by atoms with E-state index in [0.29, 0.717) is 12.3 Å². The third-order valence-electron chi connectivity index (χ3n) is 5.76. The van der Waals surface area contributed by atoms with Gasteiger partial charge < -0.3 is 5.32 Å². The summed E-state index contributed by atoms with van der Waals surface area (Å²) < 4.78 is 1.89. The Balaban J connectivity index is 1.30. The molecule has 1 aromatic heterocycles. The molecular formula is C21H25N3O2. The van der Waals surface area contributed by atoms with Crippen LogP contribution >= 0.6 is 0 Å². The van der Waals surface area contributed by atoms with Crippen molar-refractivity contribution >= 4 is 11.7 Å². The topological polar surface area (TPSA) is 64.0 Å². The Kier molecular flexibility index (Phi) is 4.87. The number of hydrogen-bond donors (Lipinski definition) is 1. The van der Waals surface area contributed by atoms with Crippen LogP contribution in [0.2, 0.25) is 0 Å². The molecule has 3 atom stereocenters. The van der Waals surface area contributed by atoms with Crippen molar-refractivity contribution in [3.8, 4) is 0 Å². The quantitative estimate of drug-likeness (QED) is 0.901. The number of aromatic nitrogens is 2. The number of amides is 1. The van der Waals surface area contributed by atoms with Gasteiger partial charge >= 0.3 is 0 Å². The first-order chi connectivity index (χ1) is 12.7. The molecule has 2 fully saturated rings. The first-order valence-corrected chi connectivity index (χ1v) is 9.56. The zero-order valence-corrected chi connectivity index (χ0v) is 14.9. The lowest BCUT2D eigenvalue weighted by molar-refractivity contribution is -0.137. The average molecular weight is 351 g/mol. The molecule has 1 N–H and O–H groups in total. The van der Waals surface area contributed by atoms with Gasteiger partial charge in [0, 0.05) is 36.1 Å². The lowest BCUT2D eigenvalue weighted by atomic mass is 9.67. The fourth-order valence-electron chi connectivity index (χ4n) is 4.38. The Morgan fingerprint density at radius 1 is 1.12 bits per heavy atom. The molecule has 2 aliphatic rings. The molecule has 26 heavy (non-hydrogen) atoms. The zero-order valence-electron chi connectivity index (χ0n) is 14.9. The van der Waals surface area contributed by atoms with E-state index in [1.165, 1.54) is 5.56 Å². The van der Waals surface area contributed by atoms with Crippen molar-refractivity contribution in [3.63, 3.8) is 0 Å². The molecule has 0 spiro atoms.